The van der Waals surface area contributed by atoms with Crippen LogP contribution >= 0.6 is 11.3 Å². The van der Waals surface area contributed by atoms with Gasteiger partial charge in [0.1, 0.15) is 5.78 Å². The van der Waals surface area contributed by atoms with Gasteiger partial charge in [0.15, 0.2) is 0 Å². The maximum absolute atomic E-state index is 11.2. The summed E-state index contributed by atoms with van der Waals surface area (Å²) in [6, 6.07) is 0. The van der Waals surface area contributed by atoms with Gasteiger partial charge in [0.2, 0.25) is 11.5 Å². The predicted molar refractivity (Wildman–Crippen MR) is 64.6 cm³/mol. The third kappa shape index (κ3) is 3.34. The number of hydrogen-bond donors (Lipinski definition) is 0. The first kappa shape index (κ1) is 12.2. The van der Waals surface area contributed by atoms with Gasteiger partial charge in [0.05, 0.1) is 7.11 Å². The van der Waals surface area contributed by atoms with Crippen LogP contribution in [0, 0.1) is 0 Å². The van der Waals surface area contributed by atoms with Crippen molar-refractivity contribution in [2.75, 3.05) is 7.11 Å². The summed E-state index contributed by atoms with van der Waals surface area (Å²) < 4.78 is 0. The molecule has 92 valence electrons. The minimum Gasteiger partial charge on any atom is -0.325 e. The minimum atomic E-state index is 0.373. The number of aromatic nitrogens is 1. The second-order valence-corrected chi connectivity index (χ2v) is 4.90. The highest BCUT2D eigenvalue weighted by Crippen LogP contribution is 2.36. The van der Waals surface area contributed by atoms with Gasteiger partial charge < -0.3 is 4.89 Å². The van der Waals surface area contributed by atoms with Crippen molar-refractivity contribution in [1.29, 1.82) is 0 Å². The summed E-state index contributed by atoms with van der Waals surface area (Å²) >= 11 is 1.54. The van der Waals surface area contributed by atoms with E-state index in [1.165, 1.54) is 29.7 Å². The number of ketones is 1. The lowest BCUT2D eigenvalue weighted by molar-refractivity contribution is -0.187. The second-order valence-electron chi connectivity index (χ2n) is 3.86. The van der Waals surface area contributed by atoms with E-state index in [-0.39, 0.29) is 0 Å². The van der Waals surface area contributed by atoms with Gasteiger partial charge in [-0.1, -0.05) is 11.3 Å². The molecule has 0 spiro atoms. The van der Waals surface area contributed by atoms with Crippen molar-refractivity contribution < 1.29 is 14.6 Å². The summed E-state index contributed by atoms with van der Waals surface area (Å²) in [6.07, 6.45) is 6.29. The average molecular weight is 254 g/mol. The Morgan fingerprint density at radius 3 is 3.00 bits per heavy atom. The van der Waals surface area contributed by atoms with Crippen LogP contribution in [0.5, 0.6) is 0 Å². The molecule has 0 saturated heterocycles. The number of aliphatic imine (C=N–C) groups is 1. The third-order valence-electron chi connectivity index (χ3n) is 2.76. The molecule has 0 amide bonds. The molecular weight excluding hydrogens is 240 g/mol. The smallest absolute Gasteiger partial charge is 0.222 e. The highest BCUT2D eigenvalue weighted by atomic mass is 32.1. The van der Waals surface area contributed by atoms with Crippen molar-refractivity contribution >= 4 is 28.7 Å². The lowest BCUT2D eigenvalue weighted by Gasteiger charge is -2.18. The summed E-state index contributed by atoms with van der Waals surface area (Å²) in [4.78, 5) is 29.5. The lowest BCUT2D eigenvalue weighted by atomic mass is 9.88. The molecule has 0 unspecified atom stereocenters. The Morgan fingerprint density at radius 2 is 2.29 bits per heavy atom. The van der Waals surface area contributed by atoms with Gasteiger partial charge in [0, 0.05) is 23.9 Å². The van der Waals surface area contributed by atoms with Crippen LogP contribution in [0.3, 0.4) is 0 Å². The second kappa shape index (κ2) is 5.88. The molecule has 1 aliphatic carbocycles. The highest BCUT2D eigenvalue weighted by Gasteiger charge is 2.21. The summed E-state index contributed by atoms with van der Waals surface area (Å²) in [5.41, 5.74) is 0. The molecule has 1 aromatic heterocycles. The van der Waals surface area contributed by atoms with E-state index >= 15 is 0 Å². The van der Waals surface area contributed by atoms with E-state index in [0.717, 1.165) is 12.8 Å². The zero-order chi connectivity index (χ0) is 12.1. The Hall–Kier alpha value is -1.27. The fourth-order valence-electron chi connectivity index (χ4n) is 1.86. The SMILES string of the molecule is COOC=Nc1ncc(C2CCC(=O)CC2)s1. The fraction of sp³-hybridized carbons (Fsp3) is 0.545. The molecule has 0 aliphatic heterocycles. The molecule has 2 rings (SSSR count). The van der Waals surface area contributed by atoms with Crippen molar-refractivity contribution in [3.63, 3.8) is 0 Å². The average Bonchev–Trinajstić information content (AvgIpc) is 2.79. The fourth-order valence-corrected chi connectivity index (χ4v) is 2.78. The predicted octanol–water partition coefficient (Wildman–Crippen LogP) is 2.61. The molecule has 0 atom stereocenters. The van der Waals surface area contributed by atoms with E-state index in [2.05, 4.69) is 19.8 Å². The normalized spacial score (nSPS) is 17.8. The summed E-state index contributed by atoms with van der Waals surface area (Å²) in [7, 11) is 1.42. The zero-order valence-corrected chi connectivity index (χ0v) is 10.4. The number of thiazole rings is 1. The highest BCUT2D eigenvalue weighted by molar-refractivity contribution is 7.15. The number of hydrogen-bond acceptors (Lipinski definition) is 6. The summed E-state index contributed by atoms with van der Waals surface area (Å²) in [6.45, 7) is 0. The Kier molecular flexibility index (Phi) is 4.22. The quantitative estimate of drug-likeness (QED) is 0.358. The molecule has 17 heavy (non-hydrogen) atoms. The maximum Gasteiger partial charge on any atom is 0.222 e. The van der Waals surface area contributed by atoms with Gasteiger partial charge in [-0.05, 0) is 18.8 Å². The maximum atomic E-state index is 11.2. The topological polar surface area (TPSA) is 60.8 Å². The Labute approximate surface area is 103 Å². The van der Waals surface area contributed by atoms with Gasteiger partial charge in [-0.3, -0.25) is 4.79 Å². The van der Waals surface area contributed by atoms with Gasteiger partial charge in [0.25, 0.3) is 0 Å². The van der Waals surface area contributed by atoms with Crippen molar-refractivity contribution in [2.45, 2.75) is 31.6 Å². The van der Waals surface area contributed by atoms with Gasteiger partial charge in [-0.15, -0.1) is 0 Å². The van der Waals surface area contributed by atoms with E-state index < -0.39 is 0 Å². The van der Waals surface area contributed by atoms with E-state index in [4.69, 9.17) is 0 Å². The number of nitrogens with zero attached hydrogens (tertiary/aromatic N) is 2. The Bertz CT molecular complexity index is 407. The molecule has 6 heteroatoms. The number of carbonyl (C=O) groups excluding carboxylic acids is 1. The lowest BCUT2D eigenvalue weighted by Crippen LogP contribution is -2.11. The van der Waals surface area contributed by atoms with E-state index in [1.807, 2.05) is 6.20 Å². The number of Topliss-reactive ketones (excluding diaryl/α,β-unsaturated/α-hetero) is 1. The van der Waals surface area contributed by atoms with Crippen LogP contribution in [-0.2, 0) is 14.6 Å². The third-order valence-corrected chi connectivity index (χ3v) is 3.83. The zero-order valence-electron chi connectivity index (χ0n) is 9.59. The largest absolute Gasteiger partial charge is 0.325 e. The number of rotatable bonds is 4. The molecule has 0 bridgehead atoms. The van der Waals surface area contributed by atoms with Crippen LogP contribution in [0.15, 0.2) is 11.2 Å². The van der Waals surface area contributed by atoms with Crippen molar-refractivity contribution in [1.82, 2.24) is 4.98 Å². The van der Waals surface area contributed by atoms with Crippen LogP contribution in [-0.4, -0.2) is 24.3 Å². The van der Waals surface area contributed by atoms with Gasteiger partial charge in [-0.25, -0.2) is 4.98 Å². The first-order valence-corrected chi connectivity index (χ1v) is 6.30. The van der Waals surface area contributed by atoms with E-state index in [9.17, 15) is 4.79 Å². The van der Waals surface area contributed by atoms with Crippen LogP contribution in [0.1, 0.15) is 36.5 Å². The summed E-state index contributed by atoms with van der Waals surface area (Å²) in [5, 5.41) is 0.647. The van der Waals surface area contributed by atoms with Crippen LogP contribution in [0.2, 0.25) is 0 Å². The molecular formula is C11H14N2O3S. The Balaban J connectivity index is 1.95. The first-order valence-electron chi connectivity index (χ1n) is 5.49. The van der Waals surface area contributed by atoms with E-state index in [0.29, 0.717) is 29.7 Å². The van der Waals surface area contributed by atoms with E-state index in [1.54, 1.807) is 0 Å². The molecule has 1 aromatic rings. The molecule has 0 aromatic carbocycles. The molecule has 1 fully saturated rings. The molecule has 0 N–H and O–H groups in total. The minimum absolute atomic E-state index is 0.373. The standard InChI is InChI=1S/C11H14N2O3S/c1-15-16-7-13-11-12-6-10(17-11)8-2-4-9(14)5-3-8/h6-8H,2-5H2,1H3. The first-order chi connectivity index (χ1) is 8.29. The molecule has 1 heterocycles. The van der Waals surface area contributed by atoms with Crippen LogP contribution < -0.4 is 0 Å². The Morgan fingerprint density at radius 1 is 1.53 bits per heavy atom. The molecule has 0 radical (unpaired) electrons. The van der Waals surface area contributed by atoms with Crippen molar-refractivity contribution in [3.8, 4) is 0 Å². The van der Waals surface area contributed by atoms with Crippen LogP contribution in [0.4, 0.5) is 5.13 Å². The monoisotopic (exact) mass is 254 g/mol. The molecule has 1 aliphatic rings. The molecule has 5 nitrogen and oxygen atoms in total. The van der Waals surface area contributed by atoms with Crippen LogP contribution in [0.25, 0.3) is 0 Å². The van der Waals surface area contributed by atoms with Crippen molar-refractivity contribution in [2.24, 2.45) is 4.99 Å². The molecule has 1 saturated carbocycles. The summed E-state index contributed by atoms with van der Waals surface area (Å²) in [5.74, 6) is 0.829. The van der Waals surface area contributed by atoms with Crippen molar-refractivity contribution in [3.05, 3.63) is 11.1 Å². The number of carbonyl (C=O) groups is 1. The van der Waals surface area contributed by atoms with Gasteiger partial charge in [-0.2, -0.15) is 9.88 Å². The van der Waals surface area contributed by atoms with Gasteiger partial charge >= 0.3 is 0 Å².